The van der Waals surface area contributed by atoms with Gasteiger partial charge in [0.1, 0.15) is 23.0 Å². The number of hydrogen-bond acceptors (Lipinski definition) is 6. The van der Waals surface area contributed by atoms with Gasteiger partial charge in [0.05, 0.1) is 18.4 Å². The first-order valence-electron chi connectivity index (χ1n) is 7.13. The summed E-state index contributed by atoms with van der Waals surface area (Å²) in [4.78, 5) is 25.4. The molecule has 0 atom stereocenters. The van der Waals surface area contributed by atoms with Crippen molar-refractivity contribution in [1.82, 2.24) is 4.90 Å². The van der Waals surface area contributed by atoms with E-state index < -0.39 is 23.4 Å². The van der Waals surface area contributed by atoms with Crippen LogP contribution in [0.5, 0.6) is 0 Å². The van der Waals surface area contributed by atoms with Crippen LogP contribution in [0.4, 0.5) is 9.59 Å². The fourth-order valence-corrected chi connectivity index (χ4v) is 1.54. The third-order valence-corrected chi connectivity index (χ3v) is 2.40. The highest BCUT2D eigenvalue weighted by Gasteiger charge is 2.32. The SMILES string of the molecule is CC(C)(C)OC(=O)N(Cc1occc1C#N)C(=O)OC(C)(C)C. The highest BCUT2D eigenvalue weighted by Crippen LogP contribution is 2.19. The van der Waals surface area contributed by atoms with Gasteiger partial charge in [0.2, 0.25) is 0 Å². The van der Waals surface area contributed by atoms with E-state index in [2.05, 4.69) is 0 Å². The standard InChI is InChI=1S/C16H22N2O5/c1-15(2,3)22-13(19)18(14(20)23-16(4,5)6)10-12-11(9-17)7-8-21-12/h7-8H,10H2,1-6H3. The smallest absolute Gasteiger partial charge is 0.420 e. The summed E-state index contributed by atoms with van der Waals surface area (Å²) in [6.07, 6.45) is -0.421. The zero-order chi connectivity index (χ0) is 17.8. The maximum Gasteiger partial charge on any atom is 0.420 e. The van der Waals surface area contributed by atoms with Crippen LogP contribution in [0.15, 0.2) is 16.7 Å². The lowest BCUT2D eigenvalue weighted by atomic mass is 10.2. The molecule has 0 radical (unpaired) electrons. The Kier molecular flexibility index (Phi) is 5.43. The topological polar surface area (TPSA) is 92.8 Å². The number of hydrogen-bond donors (Lipinski definition) is 0. The van der Waals surface area contributed by atoms with Gasteiger partial charge >= 0.3 is 12.2 Å². The summed E-state index contributed by atoms with van der Waals surface area (Å²) in [5.41, 5.74) is -1.32. The zero-order valence-corrected chi connectivity index (χ0v) is 14.3. The van der Waals surface area contributed by atoms with Crippen LogP contribution in [-0.2, 0) is 16.0 Å². The number of nitriles is 1. The van der Waals surface area contributed by atoms with Crippen molar-refractivity contribution in [3.05, 3.63) is 23.7 Å². The van der Waals surface area contributed by atoms with Crippen molar-refractivity contribution in [1.29, 1.82) is 5.26 Å². The molecule has 0 aliphatic heterocycles. The fourth-order valence-electron chi connectivity index (χ4n) is 1.54. The summed E-state index contributed by atoms with van der Waals surface area (Å²) in [6, 6.07) is 3.39. The first-order valence-corrected chi connectivity index (χ1v) is 7.13. The third kappa shape index (κ3) is 6.02. The van der Waals surface area contributed by atoms with Gasteiger partial charge in [0.25, 0.3) is 0 Å². The molecule has 1 heterocycles. The van der Waals surface area contributed by atoms with E-state index in [0.29, 0.717) is 0 Å². The fraction of sp³-hybridized carbons (Fsp3) is 0.562. The van der Waals surface area contributed by atoms with Crippen molar-refractivity contribution >= 4 is 12.2 Å². The Labute approximate surface area is 135 Å². The normalized spacial score (nSPS) is 11.5. The largest absolute Gasteiger partial charge is 0.466 e. The van der Waals surface area contributed by atoms with E-state index >= 15 is 0 Å². The number of carbonyl (C=O) groups excluding carboxylic acids is 2. The summed E-state index contributed by atoms with van der Waals surface area (Å²) in [5, 5.41) is 9.01. The summed E-state index contributed by atoms with van der Waals surface area (Å²) < 4.78 is 15.6. The van der Waals surface area contributed by atoms with E-state index in [4.69, 9.17) is 19.2 Å². The monoisotopic (exact) mass is 322 g/mol. The van der Waals surface area contributed by atoms with E-state index in [0.717, 1.165) is 4.90 Å². The number of ether oxygens (including phenoxy) is 2. The second kappa shape index (κ2) is 6.73. The number of carbonyl (C=O) groups is 2. The summed E-state index contributed by atoms with van der Waals surface area (Å²) in [5.74, 6) is 0.184. The Morgan fingerprint density at radius 1 is 1.13 bits per heavy atom. The zero-order valence-electron chi connectivity index (χ0n) is 14.3. The van der Waals surface area contributed by atoms with Crippen LogP contribution in [0.3, 0.4) is 0 Å². The average molecular weight is 322 g/mol. The van der Waals surface area contributed by atoms with Gasteiger partial charge in [-0.25, -0.2) is 14.5 Å². The summed E-state index contributed by atoms with van der Waals surface area (Å²) >= 11 is 0. The summed E-state index contributed by atoms with van der Waals surface area (Å²) in [7, 11) is 0. The molecule has 126 valence electrons. The van der Waals surface area contributed by atoms with E-state index in [1.807, 2.05) is 6.07 Å². The van der Waals surface area contributed by atoms with Crippen molar-refractivity contribution in [3.8, 4) is 6.07 Å². The minimum Gasteiger partial charge on any atom is -0.466 e. The second-order valence-corrected chi connectivity index (χ2v) is 6.92. The molecule has 0 aliphatic rings. The Morgan fingerprint density at radius 3 is 2.00 bits per heavy atom. The Bertz CT molecular complexity index is 586. The number of nitrogens with zero attached hydrogens (tertiary/aromatic N) is 2. The van der Waals surface area contributed by atoms with Crippen molar-refractivity contribution in [2.75, 3.05) is 0 Å². The van der Waals surface area contributed by atoms with Crippen LogP contribution in [0.1, 0.15) is 52.9 Å². The van der Waals surface area contributed by atoms with Crippen molar-refractivity contribution < 1.29 is 23.5 Å². The number of rotatable bonds is 2. The maximum atomic E-state index is 12.3. The molecule has 7 heteroatoms. The first kappa shape index (κ1) is 18.6. The van der Waals surface area contributed by atoms with Gasteiger partial charge in [0, 0.05) is 0 Å². The molecule has 1 aromatic heterocycles. The number of furan rings is 1. The second-order valence-electron chi connectivity index (χ2n) is 6.92. The lowest BCUT2D eigenvalue weighted by Gasteiger charge is -2.28. The van der Waals surface area contributed by atoms with Gasteiger partial charge in [-0.1, -0.05) is 0 Å². The number of imide groups is 1. The van der Waals surface area contributed by atoms with Gasteiger partial charge in [-0.3, -0.25) is 0 Å². The molecule has 23 heavy (non-hydrogen) atoms. The van der Waals surface area contributed by atoms with Crippen molar-refractivity contribution in [2.24, 2.45) is 0 Å². The van der Waals surface area contributed by atoms with Crippen LogP contribution in [-0.4, -0.2) is 28.3 Å². The molecule has 7 nitrogen and oxygen atoms in total. The Hall–Kier alpha value is -2.49. The van der Waals surface area contributed by atoms with E-state index in [1.165, 1.54) is 12.3 Å². The molecule has 0 fully saturated rings. The molecule has 0 unspecified atom stereocenters. The van der Waals surface area contributed by atoms with Crippen LogP contribution in [0.25, 0.3) is 0 Å². The van der Waals surface area contributed by atoms with E-state index in [1.54, 1.807) is 41.5 Å². The minimum atomic E-state index is -0.868. The lowest BCUT2D eigenvalue weighted by Crippen LogP contribution is -2.43. The lowest BCUT2D eigenvalue weighted by molar-refractivity contribution is -0.00144. The van der Waals surface area contributed by atoms with Gasteiger partial charge in [0.15, 0.2) is 0 Å². The van der Waals surface area contributed by atoms with Gasteiger partial charge in [-0.15, -0.1) is 0 Å². The quantitative estimate of drug-likeness (QED) is 0.821. The molecule has 0 aliphatic carbocycles. The van der Waals surface area contributed by atoms with Crippen LogP contribution < -0.4 is 0 Å². The van der Waals surface area contributed by atoms with Gasteiger partial charge in [-0.2, -0.15) is 5.26 Å². The molecule has 0 bridgehead atoms. The minimum absolute atomic E-state index is 0.184. The van der Waals surface area contributed by atoms with E-state index in [-0.39, 0.29) is 17.9 Å². The van der Waals surface area contributed by atoms with Gasteiger partial charge in [-0.05, 0) is 47.6 Å². The predicted molar refractivity (Wildman–Crippen MR) is 81.4 cm³/mol. The molecule has 0 aromatic carbocycles. The molecule has 1 rings (SSSR count). The molecular formula is C16H22N2O5. The molecule has 0 saturated carbocycles. The Morgan fingerprint density at radius 2 is 1.61 bits per heavy atom. The third-order valence-electron chi connectivity index (χ3n) is 2.40. The maximum absolute atomic E-state index is 12.3. The highest BCUT2D eigenvalue weighted by molar-refractivity contribution is 5.88. The highest BCUT2D eigenvalue weighted by atomic mass is 16.6. The molecule has 0 N–H and O–H groups in total. The number of amides is 2. The van der Waals surface area contributed by atoms with E-state index in [9.17, 15) is 9.59 Å². The summed E-state index contributed by atoms with van der Waals surface area (Å²) in [6.45, 7) is 9.87. The molecule has 0 spiro atoms. The van der Waals surface area contributed by atoms with Crippen molar-refractivity contribution in [2.45, 2.75) is 59.3 Å². The molecule has 1 aromatic rings. The van der Waals surface area contributed by atoms with Crippen LogP contribution in [0.2, 0.25) is 0 Å². The van der Waals surface area contributed by atoms with Crippen molar-refractivity contribution in [3.63, 3.8) is 0 Å². The molecular weight excluding hydrogens is 300 g/mol. The van der Waals surface area contributed by atoms with Gasteiger partial charge < -0.3 is 13.9 Å². The molecule has 2 amide bonds. The first-order chi connectivity index (χ1) is 10.4. The Balaban J connectivity index is 3.04. The van der Waals surface area contributed by atoms with Crippen LogP contribution in [0, 0.1) is 11.3 Å². The molecule has 0 saturated heterocycles. The predicted octanol–water partition coefficient (Wildman–Crippen LogP) is 3.82. The average Bonchev–Trinajstić information content (AvgIpc) is 2.78. The van der Waals surface area contributed by atoms with Crippen LogP contribution >= 0.6 is 0 Å².